The molecule has 46 heavy (non-hydrogen) atoms. The Morgan fingerprint density at radius 3 is 1.65 bits per heavy atom. The lowest BCUT2D eigenvalue weighted by molar-refractivity contribution is -0.870. The molecule has 0 rings (SSSR count). The van der Waals surface area contributed by atoms with Gasteiger partial charge in [0, 0.05) is 12.8 Å². The maximum absolute atomic E-state index is 12.6. The van der Waals surface area contributed by atoms with Crippen LogP contribution in [0.1, 0.15) is 155 Å². The number of hydrogen-bond acceptors (Lipinski definition) is 7. The molecule has 0 amide bonds. The van der Waals surface area contributed by atoms with Gasteiger partial charge in [-0.25, -0.2) is 4.57 Å². The van der Waals surface area contributed by atoms with E-state index in [1.54, 1.807) is 0 Å². The van der Waals surface area contributed by atoms with Crippen LogP contribution in [0.15, 0.2) is 12.2 Å². The van der Waals surface area contributed by atoms with Crippen LogP contribution in [0.25, 0.3) is 0 Å². The number of carbonyl (C=O) groups is 2. The van der Waals surface area contributed by atoms with E-state index in [0.29, 0.717) is 17.4 Å². The summed E-state index contributed by atoms with van der Waals surface area (Å²) < 4.78 is 34.0. The van der Waals surface area contributed by atoms with Crippen molar-refractivity contribution in [2.45, 2.75) is 161 Å². The fourth-order valence-corrected chi connectivity index (χ4v) is 5.57. The Balaban J connectivity index is 4.43. The average molecular weight is 677 g/mol. The van der Waals surface area contributed by atoms with Gasteiger partial charge in [-0.05, 0) is 38.5 Å². The third-order valence-corrected chi connectivity index (χ3v) is 8.78. The van der Waals surface area contributed by atoms with Crippen molar-refractivity contribution in [2.75, 3.05) is 47.5 Å². The van der Waals surface area contributed by atoms with Crippen LogP contribution in [-0.2, 0) is 32.7 Å². The molecule has 0 aliphatic rings. The van der Waals surface area contributed by atoms with Gasteiger partial charge in [-0.1, -0.05) is 116 Å². The first-order valence-electron chi connectivity index (χ1n) is 18.4. The molecule has 0 radical (unpaired) electrons. The van der Waals surface area contributed by atoms with Crippen molar-refractivity contribution >= 4 is 19.8 Å². The average Bonchev–Trinajstić information content (AvgIpc) is 2.99. The minimum absolute atomic E-state index is 0.0306. The number of unbranched alkanes of at least 4 members (excludes halogenated alkanes) is 17. The van der Waals surface area contributed by atoms with Crippen LogP contribution in [0.4, 0.5) is 0 Å². The van der Waals surface area contributed by atoms with Gasteiger partial charge in [0.05, 0.1) is 27.7 Å². The number of ether oxygens (including phenoxy) is 2. The number of esters is 2. The summed E-state index contributed by atoms with van der Waals surface area (Å²) in [5.41, 5.74) is 0. The summed E-state index contributed by atoms with van der Waals surface area (Å²) in [5.74, 6) is -0.829. The molecular weight excluding hydrogens is 605 g/mol. The maximum Gasteiger partial charge on any atom is 0.472 e. The van der Waals surface area contributed by atoms with Crippen LogP contribution in [0.5, 0.6) is 0 Å². The smallest absolute Gasteiger partial charge is 0.462 e. The Hall–Kier alpha value is -1.25. The number of phosphoric acid groups is 1. The standard InChI is InChI=1S/C36H70NO8P/c1-6-8-10-12-14-15-16-17-18-19-20-21-23-25-27-29-36(39)45-34(33-44-46(40,41)43-31-30-37(3,4)5)32-42-35(38)28-26-24-22-13-11-9-7-2/h20-21,34H,6-19,22-33H2,1-5H3/p+1/b21-20+/t34-/m1/s1. The zero-order valence-electron chi connectivity index (χ0n) is 30.3. The van der Waals surface area contributed by atoms with Crippen LogP contribution < -0.4 is 0 Å². The first-order valence-corrected chi connectivity index (χ1v) is 19.9. The number of nitrogens with zero attached hydrogens (tertiary/aromatic N) is 1. The van der Waals surface area contributed by atoms with Crippen LogP contribution in [0.2, 0.25) is 0 Å². The molecule has 1 unspecified atom stereocenters. The fraction of sp³-hybridized carbons (Fsp3) is 0.889. The lowest BCUT2D eigenvalue weighted by atomic mass is 10.1. The summed E-state index contributed by atoms with van der Waals surface area (Å²) in [5, 5.41) is 0. The highest BCUT2D eigenvalue weighted by atomic mass is 31.2. The molecule has 0 aliphatic heterocycles. The molecule has 2 atom stereocenters. The molecule has 272 valence electrons. The van der Waals surface area contributed by atoms with Gasteiger partial charge in [0.1, 0.15) is 19.8 Å². The predicted molar refractivity (Wildman–Crippen MR) is 188 cm³/mol. The zero-order valence-corrected chi connectivity index (χ0v) is 31.2. The summed E-state index contributed by atoms with van der Waals surface area (Å²) in [6.07, 6.45) is 27.1. The number of rotatable bonds is 33. The van der Waals surface area contributed by atoms with Crippen molar-refractivity contribution in [3.63, 3.8) is 0 Å². The summed E-state index contributed by atoms with van der Waals surface area (Å²) in [7, 11) is 1.47. The highest BCUT2D eigenvalue weighted by Crippen LogP contribution is 2.43. The molecule has 0 bridgehead atoms. The first kappa shape index (κ1) is 44.8. The summed E-state index contributed by atoms with van der Waals surface area (Å²) in [6, 6.07) is 0. The second-order valence-corrected chi connectivity index (χ2v) is 15.1. The van der Waals surface area contributed by atoms with Crippen molar-refractivity contribution < 1.29 is 42.1 Å². The van der Waals surface area contributed by atoms with Gasteiger partial charge in [-0.3, -0.25) is 18.6 Å². The van der Waals surface area contributed by atoms with Gasteiger partial charge in [0.25, 0.3) is 0 Å². The van der Waals surface area contributed by atoms with Gasteiger partial charge in [0.15, 0.2) is 6.10 Å². The molecule has 10 heteroatoms. The summed E-state index contributed by atoms with van der Waals surface area (Å²) in [6.45, 7) is 4.34. The summed E-state index contributed by atoms with van der Waals surface area (Å²) >= 11 is 0. The molecule has 0 spiro atoms. The summed E-state index contributed by atoms with van der Waals surface area (Å²) in [4.78, 5) is 34.9. The van der Waals surface area contributed by atoms with E-state index in [1.165, 1.54) is 83.5 Å². The van der Waals surface area contributed by atoms with E-state index in [0.717, 1.165) is 38.5 Å². The Labute approximate surface area is 282 Å². The lowest BCUT2D eigenvalue weighted by Crippen LogP contribution is -2.37. The van der Waals surface area contributed by atoms with Gasteiger partial charge >= 0.3 is 19.8 Å². The van der Waals surface area contributed by atoms with Crippen LogP contribution in [-0.4, -0.2) is 74.9 Å². The van der Waals surface area contributed by atoms with Crippen LogP contribution in [0, 0.1) is 0 Å². The molecule has 0 aliphatic carbocycles. The maximum atomic E-state index is 12.6. The molecule has 0 fully saturated rings. The van der Waals surface area contributed by atoms with E-state index < -0.39 is 26.5 Å². The Bertz CT molecular complexity index is 814. The van der Waals surface area contributed by atoms with Crippen molar-refractivity contribution in [3.8, 4) is 0 Å². The van der Waals surface area contributed by atoms with Gasteiger partial charge in [0.2, 0.25) is 0 Å². The van der Waals surface area contributed by atoms with Gasteiger partial charge in [-0.2, -0.15) is 0 Å². The molecule has 0 saturated heterocycles. The van der Waals surface area contributed by atoms with Gasteiger partial charge < -0.3 is 18.9 Å². The molecule has 1 N–H and O–H groups in total. The number of quaternary nitrogens is 1. The lowest BCUT2D eigenvalue weighted by Gasteiger charge is -2.24. The number of likely N-dealkylation sites (N-methyl/N-ethyl adjacent to an activating group) is 1. The molecular formula is C36H71NO8P+. The second-order valence-electron chi connectivity index (χ2n) is 13.6. The predicted octanol–water partition coefficient (Wildman–Crippen LogP) is 9.46. The van der Waals surface area contributed by atoms with E-state index in [2.05, 4.69) is 26.0 Å². The highest BCUT2D eigenvalue weighted by Gasteiger charge is 2.27. The molecule has 9 nitrogen and oxygen atoms in total. The Kier molecular flexibility index (Phi) is 29.0. The monoisotopic (exact) mass is 676 g/mol. The Morgan fingerprint density at radius 1 is 0.652 bits per heavy atom. The normalized spacial score (nSPS) is 14.0. The van der Waals surface area contributed by atoms with E-state index in [-0.39, 0.29) is 32.0 Å². The SMILES string of the molecule is CCCCCCCCCCC/C=C/CCCCC(=O)O[C@H](COC(=O)CCCCCCCCC)COP(=O)(O)OCC[N+](C)(C)C. The van der Waals surface area contributed by atoms with Crippen molar-refractivity contribution in [1.82, 2.24) is 0 Å². The minimum atomic E-state index is -4.36. The van der Waals surface area contributed by atoms with Crippen LogP contribution >= 0.6 is 7.82 Å². The van der Waals surface area contributed by atoms with Crippen LogP contribution in [0.3, 0.4) is 0 Å². The van der Waals surface area contributed by atoms with E-state index in [4.69, 9.17) is 18.5 Å². The van der Waals surface area contributed by atoms with E-state index in [1.807, 2.05) is 21.1 Å². The zero-order chi connectivity index (χ0) is 34.4. The third-order valence-electron chi connectivity index (χ3n) is 7.80. The molecule has 0 saturated carbocycles. The van der Waals surface area contributed by atoms with E-state index in [9.17, 15) is 19.0 Å². The number of hydrogen-bond donors (Lipinski definition) is 1. The minimum Gasteiger partial charge on any atom is -0.462 e. The second kappa shape index (κ2) is 29.9. The largest absolute Gasteiger partial charge is 0.472 e. The fourth-order valence-electron chi connectivity index (χ4n) is 4.83. The van der Waals surface area contributed by atoms with E-state index >= 15 is 0 Å². The highest BCUT2D eigenvalue weighted by molar-refractivity contribution is 7.47. The number of allylic oxidation sites excluding steroid dienone is 2. The van der Waals surface area contributed by atoms with Crippen molar-refractivity contribution in [3.05, 3.63) is 12.2 Å². The van der Waals surface area contributed by atoms with Gasteiger partial charge in [-0.15, -0.1) is 0 Å². The first-order chi connectivity index (χ1) is 22.0. The number of carbonyl (C=O) groups excluding carboxylic acids is 2. The molecule has 0 aromatic heterocycles. The quantitative estimate of drug-likeness (QED) is 0.0241. The Morgan fingerprint density at radius 2 is 1.11 bits per heavy atom. The molecule has 0 aromatic rings. The topological polar surface area (TPSA) is 108 Å². The van der Waals surface area contributed by atoms with Crippen molar-refractivity contribution in [1.29, 1.82) is 0 Å². The third kappa shape index (κ3) is 32.7. The van der Waals surface area contributed by atoms with Crippen molar-refractivity contribution in [2.24, 2.45) is 0 Å². The number of phosphoric ester groups is 1. The molecule has 0 heterocycles. The molecule has 0 aromatic carbocycles.